The van der Waals surface area contributed by atoms with E-state index in [1.807, 2.05) is 0 Å². The molecule has 0 fully saturated rings. The monoisotopic (exact) mass is 576 g/mol. The molecule has 0 saturated heterocycles. The zero-order chi connectivity index (χ0) is 29.8. The first-order valence-corrected chi connectivity index (χ1v) is 12.6. The lowest BCUT2D eigenvalue weighted by Gasteiger charge is -2.41. The summed E-state index contributed by atoms with van der Waals surface area (Å²) in [6.07, 6.45) is -11.4. The number of amides is 2. The number of carbonyl (C=O) groups excluding carboxylic acids is 2. The molecule has 5 nitrogen and oxygen atoms in total. The van der Waals surface area contributed by atoms with Crippen LogP contribution in [0.25, 0.3) is 5.57 Å². The summed E-state index contributed by atoms with van der Waals surface area (Å²) in [5.74, 6) is -1.70. The summed E-state index contributed by atoms with van der Waals surface area (Å²) in [7, 11) is 0. The third kappa shape index (κ3) is 6.90. The maximum atomic E-state index is 14.9. The lowest BCUT2D eigenvalue weighted by molar-refractivity contribution is -0.201. The first kappa shape index (κ1) is 29.7. The topological polar surface area (TPSA) is 67.4 Å². The number of halogens is 6. The minimum absolute atomic E-state index is 0.0113. The molecule has 41 heavy (non-hydrogen) atoms. The summed E-state index contributed by atoms with van der Waals surface area (Å²) in [5.41, 5.74) is -2.09. The molecule has 2 amide bonds. The van der Waals surface area contributed by atoms with Crippen molar-refractivity contribution in [3.05, 3.63) is 107 Å². The van der Waals surface area contributed by atoms with E-state index in [4.69, 9.17) is 4.74 Å². The van der Waals surface area contributed by atoms with Crippen LogP contribution < -0.4 is 15.4 Å². The molecule has 2 N–H and O–H groups in total. The highest BCUT2D eigenvalue weighted by molar-refractivity contribution is 6.09. The van der Waals surface area contributed by atoms with E-state index in [9.17, 15) is 35.9 Å². The van der Waals surface area contributed by atoms with Crippen molar-refractivity contribution >= 4 is 17.4 Å². The smallest absolute Gasteiger partial charge is 0.416 e. The van der Waals surface area contributed by atoms with Gasteiger partial charge in [0.2, 0.25) is 0 Å². The standard InChI is InChI=1S/C30H26F6N2O3/c1-19-8-10-20(11-9-19)24-18-28(30(34,35)36,22-12-14-23(15-13-22)41-17-5-16-29(31,32)33)38-27(40)25(24)37-26(39)21-6-3-2-4-7-21/h2-4,6-15H,5,16-18H2,1H3,(H,37,39)(H,38,40). The van der Waals surface area contributed by atoms with Crippen LogP contribution in [0.15, 0.2) is 84.6 Å². The van der Waals surface area contributed by atoms with E-state index in [1.54, 1.807) is 49.4 Å². The van der Waals surface area contributed by atoms with Gasteiger partial charge < -0.3 is 15.4 Å². The van der Waals surface area contributed by atoms with Crippen molar-refractivity contribution in [2.24, 2.45) is 0 Å². The van der Waals surface area contributed by atoms with Gasteiger partial charge in [-0.1, -0.05) is 60.2 Å². The van der Waals surface area contributed by atoms with Crippen molar-refractivity contribution in [3.8, 4) is 5.75 Å². The molecule has 1 unspecified atom stereocenters. The highest BCUT2D eigenvalue weighted by atomic mass is 19.4. The zero-order valence-corrected chi connectivity index (χ0v) is 21.8. The molecule has 1 heterocycles. The number of aryl methyl sites for hydroxylation is 1. The molecule has 1 atom stereocenters. The summed E-state index contributed by atoms with van der Waals surface area (Å²) in [6.45, 7) is 1.53. The van der Waals surface area contributed by atoms with Crippen molar-refractivity contribution in [1.82, 2.24) is 10.6 Å². The molecule has 4 rings (SSSR count). The van der Waals surface area contributed by atoms with Crippen LogP contribution in [0.5, 0.6) is 5.75 Å². The molecule has 0 bridgehead atoms. The molecule has 0 saturated carbocycles. The van der Waals surface area contributed by atoms with Crippen molar-refractivity contribution < 1.29 is 40.7 Å². The van der Waals surface area contributed by atoms with Crippen LogP contribution in [-0.2, 0) is 10.3 Å². The van der Waals surface area contributed by atoms with Gasteiger partial charge in [0, 0.05) is 18.4 Å². The van der Waals surface area contributed by atoms with Gasteiger partial charge in [0.1, 0.15) is 11.4 Å². The van der Waals surface area contributed by atoms with E-state index >= 15 is 0 Å². The van der Waals surface area contributed by atoms with Gasteiger partial charge in [-0.15, -0.1) is 0 Å². The molecule has 0 aromatic heterocycles. The van der Waals surface area contributed by atoms with E-state index in [-0.39, 0.29) is 41.2 Å². The number of benzene rings is 3. The Balaban J connectivity index is 1.70. The Morgan fingerprint density at radius 1 is 0.927 bits per heavy atom. The van der Waals surface area contributed by atoms with Crippen molar-refractivity contribution in [2.75, 3.05) is 6.61 Å². The van der Waals surface area contributed by atoms with Crippen molar-refractivity contribution in [3.63, 3.8) is 0 Å². The van der Waals surface area contributed by atoms with Crippen molar-refractivity contribution in [2.45, 2.75) is 44.1 Å². The first-order valence-electron chi connectivity index (χ1n) is 12.6. The van der Waals surface area contributed by atoms with Crippen LogP contribution in [0.4, 0.5) is 26.3 Å². The maximum Gasteiger partial charge on any atom is 0.416 e. The number of ether oxygens (including phenoxy) is 1. The van der Waals surface area contributed by atoms with Crippen LogP contribution in [0.2, 0.25) is 0 Å². The van der Waals surface area contributed by atoms with Crippen LogP contribution in [-0.4, -0.2) is 30.8 Å². The fraction of sp³-hybridized carbons (Fsp3) is 0.267. The molecular formula is C30H26F6N2O3. The minimum Gasteiger partial charge on any atom is -0.494 e. The van der Waals surface area contributed by atoms with Gasteiger partial charge in [-0.2, -0.15) is 26.3 Å². The lowest BCUT2D eigenvalue weighted by atomic mass is 9.77. The molecule has 3 aromatic carbocycles. The highest BCUT2D eigenvalue weighted by Gasteiger charge is 2.59. The Bertz CT molecular complexity index is 1420. The Labute approximate surface area is 232 Å². The average molecular weight is 577 g/mol. The van der Waals surface area contributed by atoms with E-state index in [2.05, 4.69) is 10.6 Å². The van der Waals surface area contributed by atoms with Gasteiger partial charge in [-0.3, -0.25) is 9.59 Å². The first-order chi connectivity index (χ1) is 19.3. The van der Waals surface area contributed by atoms with Gasteiger partial charge in [0.05, 0.1) is 6.61 Å². The predicted octanol–water partition coefficient (Wildman–Crippen LogP) is 6.84. The summed E-state index contributed by atoms with van der Waals surface area (Å²) in [4.78, 5) is 26.3. The Hall–Kier alpha value is -4.28. The van der Waals surface area contributed by atoms with Crippen LogP contribution >= 0.6 is 0 Å². The number of hydrogen-bond donors (Lipinski definition) is 2. The van der Waals surface area contributed by atoms with Gasteiger partial charge in [0.25, 0.3) is 11.8 Å². The van der Waals surface area contributed by atoms with Crippen LogP contribution in [0.3, 0.4) is 0 Å². The fourth-order valence-electron chi connectivity index (χ4n) is 4.51. The van der Waals surface area contributed by atoms with Crippen LogP contribution in [0, 0.1) is 6.92 Å². The minimum atomic E-state index is -4.97. The zero-order valence-electron chi connectivity index (χ0n) is 21.8. The summed E-state index contributed by atoms with van der Waals surface area (Å²) >= 11 is 0. The molecule has 216 valence electrons. The van der Waals surface area contributed by atoms with Gasteiger partial charge in [-0.25, -0.2) is 0 Å². The normalized spacial score (nSPS) is 17.7. The maximum absolute atomic E-state index is 14.9. The molecule has 11 heteroatoms. The predicted molar refractivity (Wildman–Crippen MR) is 140 cm³/mol. The third-order valence-electron chi connectivity index (χ3n) is 6.68. The SMILES string of the molecule is Cc1ccc(C2=C(NC(=O)c3ccccc3)C(=O)NC(c3ccc(OCCCC(F)(F)F)cc3)(C(F)(F)F)C2)cc1. The molecule has 1 aliphatic rings. The average Bonchev–Trinajstić information content (AvgIpc) is 2.92. The summed E-state index contributed by atoms with van der Waals surface area (Å²) < 4.78 is 86.9. The van der Waals surface area contributed by atoms with E-state index < -0.39 is 42.5 Å². The molecule has 0 radical (unpaired) electrons. The number of nitrogens with one attached hydrogen (secondary N) is 2. The Morgan fingerprint density at radius 3 is 2.15 bits per heavy atom. The van der Waals surface area contributed by atoms with Gasteiger partial charge in [-0.05, 0) is 54.3 Å². The second-order valence-corrected chi connectivity index (χ2v) is 9.67. The summed E-state index contributed by atoms with van der Waals surface area (Å²) in [5, 5.41) is 4.59. The largest absolute Gasteiger partial charge is 0.494 e. The Kier molecular flexibility index (Phi) is 8.46. The Morgan fingerprint density at radius 2 is 1.56 bits per heavy atom. The molecular weight excluding hydrogens is 550 g/mol. The molecule has 3 aromatic rings. The number of alkyl halides is 6. The quantitative estimate of drug-likeness (QED) is 0.228. The molecule has 1 aliphatic heterocycles. The van der Waals surface area contributed by atoms with Crippen LogP contribution in [0.1, 0.15) is 46.3 Å². The van der Waals surface area contributed by atoms with E-state index in [0.717, 1.165) is 17.7 Å². The second kappa shape index (κ2) is 11.7. The third-order valence-corrected chi connectivity index (χ3v) is 6.68. The summed E-state index contributed by atoms with van der Waals surface area (Å²) in [6, 6.07) is 19.1. The fourth-order valence-corrected chi connectivity index (χ4v) is 4.51. The molecule has 0 aliphatic carbocycles. The van der Waals surface area contributed by atoms with E-state index in [0.29, 0.717) is 5.56 Å². The number of rotatable bonds is 8. The highest BCUT2D eigenvalue weighted by Crippen LogP contribution is 2.48. The van der Waals surface area contributed by atoms with Gasteiger partial charge >= 0.3 is 12.4 Å². The molecule has 0 spiro atoms. The van der Waals surface area contributed by atoms with E-state index in [1.165, 1.54) is 24.3 Å². The van der Waals surface area contributed by atoms with Crippen molar-refractivity contribution in [1.29, 1.82) is 0 Å². The number of carbonyl (C=O) groups is 2. The second-order valence-electron chi connectivity index (χ2n) is 9.67. The van der Waals surface area contributed by atoms with Gasteiger partial charge in [0.15, 0.2) is 5.54 Å². The lowest BCUT2D eigenvalue weighted by Crippen LogP contribution is -2.60. The number of hydrogen-bond acceptors (Lipinski definition) is 3.